The van der Waals surface area contributed by atoms with Crippen LogP contribution in [0.5, 0.6) is 0 Å². The van der Waals surface area contributed by atoms with E-state index in [2.05, 4.69) is 10.3 Å². The Kier molecular flexibility index (Phi) is 4.46. The first kappa shape index (κ1) is 14.3. The van der Waals surface area contributed by atoms with E-state index >= 15 is 0 Å². The summed E-state index contributed by atoms with van der Waals surface area (Å²) in [5.74, 6) is -0.666. The van der Waals surface area contributed by atoms with Gasteiger partial charge in [-0.15, -0.1) is 0 Å². The molecule has 1 unspecified atom stereocenters. The predicted octanol–water partition coefficient (Wildman–Crippen LogP) is -0.170. The van der Waals surface area contributed by atoms with E-state index < -0.39 is 15.8 Å². The molecule has 1 aliphatic heterocycles. The first-order chi connectivity index (χ1) is 9.04. The van der Waals surface area contributed by atoms with E-state index in [-0.39, 0.29) is 24.1 Å². The number of pyridine rings is 1. The molecule has 19 heavy (non-hydrogen) atoms. The number of morpholine rings is 1. The highest BCUT2D eigenvalue weighted by Crippen LogP contribution is 2.18. The molecule has 0 saturated carbocycles. The second kappa shape index (κ2) is 5.91. The van der Waals surface area contributed by atoms with Crippen LogP contribution in [0.25, 0.3) is 0 Å². The van der Waals surface area contributed by atoms with E-state index in [1.165, 1.54) is 4.31 Å². The zero-order chi connectivity index (χ0) is 13.9. The van der Waals surface area contributed by atoms with E-state index in [9.17, 15) is 12.8 Å². The van der Waals surface area contributed by atoms with Gasteiger partial charge in [-0.2, -0.15) is 4.31 Å². The van der Waals surface area contributed by atoms with Gasteiger partial charge in [0, 0.05) is 25.8 Å². The third kappa shape index (κ3) is 3.27. The van der Waals surface area contributed by atoms with Crippen LogP contribution in [0.2, 0.25) is 0 Å². The van der Waals surface area contributed by atoms with Crippen molar-refractivity contribution in [3.05, 3.63) is 24.3 Å². The summed E-state index contributed by atoms with van der Waals surface area (Å²) in [4.78, 5) is 3.45. The molecule has 0 aromatic carbocycles. The standard InChI is InChI=1S/C11H16FN3O3S/c1-13-6-10-8-15(2-3-18-10)19(16,17)11-4-9(12)5-14-7-11/h4-5,7,10,13H,2-3,6,8H2,1H3. The molecular formula is C11H16FN3O3S. The molecule has 6 nitrogen and oxygen atoms in total. The van der Waals surface area contributed by atoms with E-state index in [1.54, 1.807) is 7.05 Å². The lowest BCUT2D eigenvalue weighted by molar-refractivity contribution is 0.000815. The largest absolute Gasteiger partial charge is 0.374 e. The molecule has 0 amide bonds. The molecule has 2 rings (SSSR count). The number of nitrogens with zero attached hydrogens (tertiary/aromatic N) is 2. The highest BCUT2D eigenvalue weighted by molar-refractivity contribution is 7.89. The van der Waals surface area contributed by atoms with Gasteiger partial charge in [-0.3, -0.25) is 4.98 Å². The van der Waals surface area contributed by atoms with Crippen LogP contribution in [0.1, 0.15) is 0 Å². The topological polar surface area (TPSA) is 71.5 Å². The summed E-state index contributed by atoms with van der Waals surface area (Å²) in [6.45, 7) is 1.40. The lowest BCUT2D eigenvalue weighted by Gasteiger charge is -2.31. The van der Waals surface area contributed by atoms with Crippen molar-refractivity contribution in [2.45, 2.75) is 11.0 Å². The van der Waals surface area contributed by atoms with Crippen LogP contribution in [-0.4, -0.2) is 57.1 Å². The number of halogens is 1. The zero-order valence-corrected chi connectivity index (χ0v) is 11.4. The second-order valence-corrected chi connectivity index (χ2v) is 6.19. The van der Waals surface area contributed by atoms with Gasteiger partial charge < -0.3 is 10.1 Å². The van der Waals surface area contributed by atoms with Crippen molar-refractivity contribution in [1.29, 1.82) is 0 Å². The summed E-state index contributed by atoms with van der Waals surface area (Å²) in [6.07, 6.45) is 1.93. The van der Waals surface area contributed by atoms with Gasteiger partial charge in [-0.1, -0.05) is 0 Å². The van der Waals surface area contributed by atoms with Gasteiger partial charge in [-0.25, -0.2) is 12.8 Å². The molecule has 0 aliphatic carbocycles. The lowest BCUT2D eigenvalue weighted by Crippen LogP contribution is -2.48. The Hall–Kier alpha value is -1.09. The van der Waals surface area contributed by atoms with Crippen molar-refractivity contribution in [2.24, 2.45) is 0 Å². The molecule has 1 N–H and O–H groups in total. The van der Waals surface area contributed by atoms with Crippen molar-refractivity contribution in [3.63, 3.8) is 0 Å². The summed E-state index contributed by atoms with van der Waals surface area (Å²) in [5, 5.41) is 2.94. The van der Waals surface area contributed by atoms with E-state index in [4.69, 9.17) is 4.74 Å². The van der Waals surface area contributed by atoms with Crippen LogP contribution in [0.4, 0.5) is 4.39 Å². The Balaban J connectivity index is 2.19. The van der Waals surface area contributed by atoms with E-state index in [0.29, 0.717) is 13.2 Å². The fourth-order valence-electron chi connectivity index (χ4n) is 1.94. The van der Waals surface area contributed by atoms with Crippen molar-refractivity contribution >= 4 is 10.0 Å². The van der Waals surface area contributed by atoms with Gasteiger partial charge in [0.15, 0.2) is 0 Å². The highest BCUT2D eigenvalue weighted by Gasteiger charge is 2.30. The van der Waals surface area contributed by atoms with Crippen LogP contribution in [0.3, 0.4) is 0 Å². The molecule has 8 heteroatoms. The molecular weight excluding hydrogens is 273 g/mol. The van der Waals surface area contributed by atoms with Gasteiger partial charge >= 0.3 is 0 Å². The molecule has 1 saturated heterocycles. The molecule has 0 spiro atoms. The minimum absolute atomic E-state index is 0.127. The van der Waals surface area contributed by atoms with E-state index in [1.807, 2.05) is 0 Å². The van der Waals surface area contributed by atoms with Crippen LogP contribution in [0.15, 0.2) is 23.4 Å². The number of hydrogen-bond donors (Lipinski definition) is 1. The number of hydrogen-bond acceptors (Lipinski definition) is 5. The zero-order valence-electron chi connectivity index (χ0n) is 10.5. The first-order valence-corrected chi connectivity index (χ1v) is 7.35. The van der Waals surface area contributed by atoms with Crippen LogP contribution < -0.4 is 5.32 Å². The maximum atomic E-state index is 13.1. The van der Waals surface area contributed by atoms with Crippen LogP contribution in [-0.2, 0) is 14.8 Å². The summed E-state index contributed by atoms with van der Waals surface area (Å²) < 4.78 is 44.5. The maximum absolute atomic E-state index is 13.1. The Morgan fingerprint density at radius 2 is 2.37 bits per heavy atom. The average molecular weight is 289 g/mol. The molecule has 2 heterocycles. The Morgan fingerprint density at radius 3 is 3.05 bits per heavy atom. The Labute approximate surface area is 111 Å². The quantitative estimate of drug-likeness (QED) is 0.833. The Bertz CT molecular complexity index is 536. The van der Waals surface area contributed by atoms with Gasteiger partial charge in [0.1, 0.15) is 10.7 Å². The molecule has 106 valence electrons. The average Bonchev–Trinajstić information content (AvgIpc) is 2.39. The normalized spacial score (nSPS) is 21.5. The smallest absolute Gasteiger partial charge is 0.244 e. The Morgan fingerprint density at radius 1 is 1.58 bits per heavy atom. The SMILES string of the molecule is CNCC1CN(S(=O)(=O)c2cncc(F)c2)CCO1. The van der Waals surface area contributed by atoms with Crippen LogP contribution >= 0.6 is 0 Å². The van der Waals surface area contributed by atoms with Gasteiger partial charge in [-0.05, 0) is 13.1 Å². The lowest BCUT2D eigenvalue weighted by atomic mass is 10.3. The van der Waals surface area contributed by atoms with Crippen molar-refractivity contribution in [3.8, 4) is 0 Å². The molecule has 0 bridgehead atoms. The van der Waals surface area contributed by atoms with Crippen molar-refractivity contribution in [2.75, 3.05) is 33.3 Å². The highest BCUT2D eigenvalue weighted by atomic mass is 32.2. The predicted molar refractivity (Wildman–Crippen MR) is 66.6 cm³/mol. The van der Waals surface area contributed by atoms with Crippen molar-refractivity contribution < 1.29 is 17.5 Å². The molecule has 1 atom stereocenters. The minimum Gasteiger partial charge on any atom is -0.374 e. The molecule has 0 radical (unpaired) electrons. The number of sulfonamides is 1. The van der Waals surface area contributed by atoms with E-state index in [0.717, 1.165) is 18.5 Å². The van der Waals surface area contributed by atoms with Crippen LogP contribution in [0, 0.1) is 5.82 Å². The van der Waals surface area contributed by atoms with Gasteiger partial charge in [0.05, 0.1) is 18.9 Å². The number of nitrogens with one attached hydrogen (secondary N) is 1. The summed E-state index contributed by atoms with van der Waals surface area (Å²) in [7, 11) is -1.94. The number of ether oxygens (including phenoxy) is 1. The maximum Gasteiger partial charge on any atom is 0.244 e. The third-order valence-corrected chi connectivity index (χ3v) is 4.68. The van der Waals surface area contributed by atoms with Gasteiger partial charge in [0.2, 0.25) is 10.0 Å². The number of aromatic nitrogens is 1. The second-order valence-electron chi connectivity index (χ2n) is 4.25. The minimum atomic E-state index is -3.71. The fourth-order valence-corrected chi connectivity index (χ4v) is 3.38. The molecule has 1 aromatic rings. The number of rotatable bonds is 4. The summed E-state index contributed by atoms with van der Waals surface area (Å²) >= 11 is 0. The molecule has 1 fully saturated rings. The summed E-state index contributed by atoms with van der Waals surface area (Å²) in [5.41, 5.74) is 0. The molecule has 1 aromatic heterocycles. The fraction of sp³-hybridized carbons (Fsp3) is 0.545. The number of likely N-dealkylation sites (N-methyl/N-ethyl adjacent to an activating group) is 1. The van der Waals surface area contributed by atoms with Gasteiger partial charge in [0.25, 0.3) is 0 Å². The monoisotopic (exact) mass is 289 g/mol. The molecule has 1 aliphatic rings. The third-order valence-electron chi connectivity index (χ3n) is 2.85. The first-order valence-electron chi connectivity index (χ1n) is 5.91. The summed E-state index contributed by atoms with van der Waals surface area (Å²) in [6, 6.07) is 0.977. The van der Waals surface area contributed by atoms with Crippen molar-refractivity contribution in [1.82, 2.24) is 14.6 Å².